The SMILES string of the molecule is CCCC1CCCC/C1=N\N1CCC[C@H]1COC. The molecule has 1 aliphatic heterocycles. The van der Waals surface area contributed by atoms with Gasteiger partial charge >= 0.3 is 0 Å². The Kier molecular flexibility index (Phi) is 5.48. The molecule has 1 unspecified atom stereocenters. The predicted octanol–water partition coefficient (Wildman–Crippen LogP) is 3.44. The van der Waals surface area contributed by atoms with Crippen molar-refractivity contribution in [2.45, 2.75) is 64.3 Å². The van der Waals surface area contributed by atoms with Crippen LogP contribution in [0.4, 0.5) is 0 Å². The van der Waals surface area contributed by atoms with Gasteiger partial charge in [0.25, 0.3) is 0 Å². The molecule has 2 atom stereocenters. The first-order valence-electron chi connectivity index (χ1n) is 7.68. The molecule has 0 N–H and O–H groups in total. The Morgan fingerprint density at radius 3 is 2.94 bits per heavy atom. The first-order valence-corrected chi connectivity index (χ1v) is 7.68. The Bertz CT molecular complexity index is 276. The summed E-state index contributed by atoms with van der Waals surface area (Å²) in [4.78, 5) is 0. The summed E-state index contributed by atoms with van der Waals surface area (Å²) in [6.45, 7) is 4.24. The summed E-state index contributed by atoms with van der Waals surface area (Å²) < 4.78 is 5.31. The molecule has 1 saturated heterocycles. The Labute approximate surface area is 112 Å². The van der Waals surface area contributed by atoms with Crippen molar-refractivity contribution in [2.75, 3.05) is 20.3 Å². The summed E-state index contributed by atoms with van der Waals surface area (Å²) in [5.41, 5.74) is 1.48. The molecular formula is C15H28N2O. The number of nitrogens with zero attached hydrogens (tertiary/aromatic N) is 2. The van der Waals surface area contributed by atoms with E-state index in [1.54, 1.807) is 7.11 Å². The second-order valence-electron chi connectivity index (χ2n) is 5.74. The Balaban J connectivity index is 1.99. The summed E-state index contributed by atoms with van der Waals surface area (Å²) in [5.74, 6) is 0.757. The summed E-state index contributed by atoms with van der Waals surface area (Å²) in [6.07, 6.45) is 10.4. The molecule has 0 aromatic heterocycles. The number of rotatable bonds is 5. The highest BCUT2D eigenvalue weighted by Gasteiger charge is 2.26. The molecule has 0 radical (unpaired) electrons. The normalized spacial score (nSPS) is 31.2. The van der Waals surface area contributed by atoms with Crippen LogP contribution >= 0.6 is 0 Å². The zero-order valence-corrected chi connectivity index (χ0v) is 12.0. The topological polar surface area (TPSA) is 24.8 Å². The Morgan fingerprint density at radius 2 is 2.17 bits per heavy atom. The highest BCUT2D eigenvalue weighted by atomic mass is 16.5. The van der Waals surface area contributed by atoms with Crippen molar-refractivity contribution in [3.05, 3.63) is 0 Å². The number of hydrogen-bond acceptors (Lipinski definition) is 3. The van der Waals surface area contributed by atoms with Gasteiger partial charge in [0.05, 0.1) is 12.6 Å². The van der Waals surface area contributed by atoms with E-state index >= 15 is 0 Å². The van der Waals surface area contributed by atoms with Gasteiger partial charge in [-0.2, -0.15) is 5.10 Å². The molecule has 0 spiro atoms. The van der Waals surface area contributed by atoms with Crippen molar-refractivity contribution in [3.63, 3.8) is 0 Å². The lowest BCUT2D eigenvalue weighted by Crippen LogP contribution is -2.31. The third kappa shape index (κ3) is 3.47. The second kappa shape index (κ2) is 7.13. The number of methoxy groups -OCH3 is 1. The molecule has 18 heavy (non-hydrogen) atoms. The fourth-order valence-corrected chi connectivity index (χ4v) is 3.34. The van der Waals surface area contributed by atoms with Crippen LogP contribution in [0.15, 0.2) is 5.10 Å². The molecule has 0 bridgehead atoms. The van der Waals surface area contributed by atoms with Crippen LogP contribution in [0.3, 0.4) is 0 Å². The summed E-state index contributed by atoms with van der Waals surface area (Å²) in [6, 6.07) is 0.520. The first-order chi connectivity index (χ1) is 8.85. The molecular weight excluding hydrogens is 224 g/mol. The zero-order valence-electron chi connectivity index (χ0n) is 12.0. The molecule has 104 valence electrons. The summed E-state index contributed by atoms with van der Waals surface area (Å²) in [5, 5.41) is 7.32. The fraction of sp³-hybridized carbons (Fsp3) is 0.933. The van der Waals surface area contributed by atoms with E-state index in [0.29, 0.717) is 6.04 Å². The van der Waals surface area contributed by atoms with E-state index in [2.05, 4.69) is 11.9 Å². The van der Waals surface area contributed by atoms with E-state index in [0.717, 1.165) is 19.1 Å². The van der Waals surface area contributed by atoms with Gasteiger partial charge in [-0.3, -0.25) is 5.01 Å². The molecule has 1 heterocycles. The van der Waals surface area contributed by atoms with Crippen LogP contribution < -0.4 is 0 Å². The van der Waals surface area contributed by atoms with Gasteiger partial charge in [-0.25, -0.2) is 0 Å². The summed E-state index contributed by atoms with van der Waals surface area (Å²) in [7, 11) is 1.80. The van der Waals surface area contributed by atoms with Crippen LogP contribution in [-0.4, -0.2) is 37.0 Å². The minimum Gasteiger partial charge on any atom is -0.382 e. The minimum absolute atomic E-state index is 0.520. The zero-order chi connectivity index (χ0) is 12.8. The van der Waals surface area contributed by atoms with Gasteiger partial charge < -0.3 is 4.74 Å². The molecule has 2 aliphatic rings. The van der Waals surface area contributed by atoms with Gasteiger partial charge in [0.1, 0.15) is 0 Å². The standard InChI is InChI=1S/C15H28N2O/c1-3-7-13-8-4-5-10-15(13)16-17-11-6-9-14(17)12-18-2/h13-14H,3-12H2,1-2H3/b16-15+/t13?,14-/m0/s1. The third-order valence-electron chi connectivity index (χ3n) is 4.31. The molecule has 2 rings (SSSR count). The van der Waals surface area contributed by atoms with Gasteiger partial charge in [0.2, 0.25) is 0 Å². The predicted molar refractivity (Wildman–Crippen MR) is 75.9 cm³/mol. The van der Waals surface area contributed by atoms with Crippen molar-refractivity contribution in [1.29, 1.82) is 0 Å². The van der Waals surface area contributed by atoms with Gasteiger partial charge in [0, 0.05) is 19.4 Å². The maximum Gasteiger partial charge on any atom is 0.0704 e. The van der Waals surface area contributed by atoms with E-state index in [4.69, 9.17) is 9.84 Å². The molecule has 0 aromatic rings. The van der Waals surface area contributed by atoms with Crippen LogP contribution in [0.5, 0.6) is 0 Å². The molecule has 3 heteroatoms. The molecule has 0 amide bonds. The van der Waals surface area contributed by atoms with E-state index in [1.807, 2.05) is 0 Å². The highest BCUT2D eigenvalue weighted by molar-refractivity contribution is 5.87. The third-order valence-corrected chi connectivity index (χ3v) is 4.31. The fourth-order valence-electron chi connectivity index (χ4n) is 3.34. The molecule has 1 aliphatic carbocycles. The monoisotopic (exact) mass is 252 g/mol. The van der Waals surface area contributed by atoms with Crippen molar-refractivity contribution in [2.24, 2.45) is 11.0 Å². The van der Waals surface area contributed by atoms with Gasteiger partial charge in [-0.05, 0) is 44.4 Å². The smallest absolute Gasteiger partial charge is 0.0704 e. The lowest BCUT2D eigenvalue weighted by Gasteiger charge is -2.28. The van der Waals surface area contributed by atoms with Crippen LogP contribution in [0.2, 0.25) is 0 Å². The minimum atomic E-state index is 0.520. The van der Waals surface area contributed by atoms with E-state index in [9.17, 15) is 0 Å². The van der Waals surface area contributed by atoms with Crippen LogP contribution in [0.25, 0.3) is 0 Å². The molecule has 2 fully saturated rings. The Morgan fingerprint density at radius 1 is 1.28 bits per heavy atom. The van der Waals surface area contributed by atoms with Crippen molar-refractivity contribution >= 4 is 5.71 Å². The van der Waals surface area contributed by atoms with Gasteiger partial charge in [-0.1, -0.05) is 19.8 Å². The number of hydrazone groups is 1. The van der Waals surface area contributed by atoms with E-state index < -0.39 is 0 Å². The molecule has 0 aromatic carbocycles. The summed E-state index contributed by atoms with van der Waals surface area (Å²) >= 11 is 0. The largest absolute Gasteiger partial charge is 0.382 e. The van der Waals surface area contributed by atoms with Gasteiger partial charge in [-0.15, -0.1) is 0 Å². The van der Waals surface area contributed by atoms with E-state index in [1.165, 1.54) is 57.1 Å². The Hall–Kier alpha value is -0.570. The van der Waals surface area contributed by atoms with Crippen molar-refractivity contribution in [1.82, 2.24) is 5.01 Å². The average Bonchev–Trinajstić information content (AvgIpc) is 2.80. The second-order valence-corrected chi connectivity index (χ2v) is 5.74. The highest BCUT2D eigenvalue weighted by Crippen LogP contribution is 2.27. The number of hydrogen-bond donors (Lipinski definition) is 0. The lowest BCUT2D eigenvalue weighted by molar-refractivity contribution is 0.117. The molecule has 1 saturated carbocycles. The quantitative estimate of drug-likeness (QED) is 0.748. The average molecular weight is 252 g/mol. The van der Waals surface area contributed by atoms with Crippen LogP contribution in [0, 0.1) is 5.92 Å². The van der Waals surface area contributed by atoms with Crippen molar-refractivity contribution < 1.29 is 4.74 Å². The maximum atomic E-state index is 5.31. The van der Waals surface area contributed by atoms with Crippen molar-refractivity contribution in [3.8, 4) is 0 Å². The van der Waals surface area contributed by atoms with E-state index in [-0.39, 0.29) is 0 Å². The molecule has 3 nitrogen and oxygen atoms in total. The van der Waals surface area contributed by atoms with Gasteiger partial charge in [0.15, 0.2) is 0 Å². The van der Waals surface area contributed by atoms with Crippen LogP contribution in [0.1, 0.15) is 58.3 Å². The van der Waals surface area contributed by atoms with Crippen LogP contribution in [-0.2, 0) is 4.74 Å². The maximum absolute atomic E-state index is 5.31. The first kappa shape index (κ1) is 13.9. The number of ether oxygens (including phenoxy) is 1. The lowest BCUT2D eigenvalue weighted by atomic mass is 9.84.